The van der Waals surface area contributed by atoms with Crippen LogP contribution in [0.3, 0.4) is 0 Å². The van der Waals surface area contributed by atoms with Gasteiger partial charge in [-0.05, 0) is 12.1 Å². The molecule has 104 valence electrons. The highest BCUT2D eigenvalue weighted by molar-refractivity contribution is 5.84. The molecule has 6 nitrogen and oxygen atoms in total. The van der Waals surface area contributed by atoms with Crippen molar-refractivity contribution in [3.05, 3.63) is 34.6 Å². The molecule has 1 fully saturated rings. The molecule has 1 amide bonds. The molecule has 0 bridgehead atoms. The molecule has 0 unspecified atom stereocenters. The predicted molar refractivity (Wildman–Crippen MR) is 72.2 cm³/mol. The highest BCUT2D eigenvalue weighted by Crippen LogP contribution is 2.24. The van der Waals surface area contributed by atoms with Crippen molar-refractivity contribution in [1.29, 1.82) is 0 Å². The van der Waals surface area contributed by atoms with E-state index in [-0.39, 0.29) is 24.5 Å². The molecule has 2 aromatic rings. The first-order valence-electron chi connectivity index (χ1n) is 6.25. The van der Waals surface area contributed by atoms with Gasteiger partial charge in [0.05, 0.1) is 17.4 Å². The van der Waals surface area contributed by atoms with Crippen LogP contribution in [0.15, 0.2) is 29.1 Å². The number of alkyl halides is 1. The molecule has 1 aliphatic heterocycles. The lowest BCUT2D eigenvalue weighted by Gasteiger charge is -2.22. The number of fused-ring (bicyclic) bond motifs is 1. The van der Waals surface area contributed by atoms with Crippen LogP contribution in [-0.4, -0.2) is 34.6 Å². The van der Waals surface area contributed by atoms with Crippen LogP contribution in [0.1, 0.15) is 6.42 Å². The number of halogens is 1. The zero-order valence-electron chi connectivity index (χ0n) is 10.5. The molecule has 7 heteroatoms. The Morgan fingerprint density at radius 2 is 2.20 bits per heavy atom. The minimum absolute atomic E-state index is 0.00507. The van der Waals surface area contributed by atoms with E-state index in [0.717, 1.165) is 0 Å². The number of aromatic amines is 1. The number of amides is 1. The van der Waals surface area contributed by atoms with E-state index in [9.17, 15) is 14.0 Å². The Bertz CT molecular complexity index is 730. The van der Waals surface area contributed by atoms with Crippen molar-refractivity contribution in [3.8, 4) is 0 Å². The molecule has 1 aliphatic rings. The number of carbonyl (C=O) groups excluding carboxylic acids is 1. The summed E-state index contributed by atoms with van der Waals surface area (Å²) in [4.78, 5) is 31.6. The fourth-order valence-corrected chi connectivity index (χ4v) is 2.50. The molecule has 0 saturated carbocycles. The van der Waals surface area contributed by atoms with Crippen molar-refractivity contribution >= 4 is 22.8 Å². The van der Waals surface area contributed by atoms with E-state index in [0.29, 0.717) is 10.9 Å². The second kappa shape index (κ2) is 4.59. The maximum Gasteiger partial charge on any atom is 0.260 e. The first-order valence-corrected chi connectivity index (χ1v) is 6.25. The Morgan fingerprint density at radius 1 is 1.45 bits per heavy atom. The summed E-state index contributed by atoms with van der Waals surface area (Å²) in [6.07, 6.45) is -1.14. The number of hydrogen-bond acceptors (Lipinski definition) is 4. The lowest BCUT2D eigenvalue weighted by atomic mass is 10.2. The normalized spacial score (nSPS) is 22.4. The zero-order chi connectivity index (χ0) is 14.3. The van der Waals surface area contributed by atoms with Crippen LogP contribution >= 0.6 is 0 Å². The van der Waals surface area contributed by atoms with Crippen molar-refractivity contribution < 1.29 is 9.18 Å². The summed E-state index contributed by atoms with van der Waals surface area (Å²) in [5, 5.41) is 0.447. The smallest absolute Gasteiger partial charge is 0.260 e. The van der Waals surface area contributed by atoms with Gasteiger partial charge in [0.25, 0.3) is 5.56 Å². The van der Waals surface area contributed by atoms with Gasteiger partial charge >= 0.3 is 0 Å². The van der Waals surface area contributed by atoms with Crippen molar-refractivity contribution in [2.75, 3.05) is 11.4 Å². The number of para-hydroxylation sites is 1. The number of nitrogens with one attached hydrogen (secondary N) is 1. The van der Waals surface area contributed by atoms with Gasteiger partial charge in [0, 0.05) is 6.42 Å². The minimum Gasteiger partial charge on any atom is -0.368 e. The molecule has 20 heavy (non-hydrogen) atoms. The van der Waals surface area contributed by atoms with Gasteiger partial charge in [-0.2, -0.15) is 0 Å². The van der Waals surface area contributed by atoms with Gasteiger partial charge in [-0.25, -0.2) is 9.37 Å². The summed E-state index contributed by atoms with van der Waals surface area (Å²) in [5.41, 5.74) is 5.45. The third-order valence-corrected chi connectivity index (χ3v) is 3.45. The molecule has 3 N–H and O–H groups in total. The van der Waals surface area contributed by atoms with Crippen LogP contribution in [-0.2, 0) is 4.79 Å². The van der Waals surface area contributed by atoms with Crippen LogP contribution in [0, 0.1) is 0 Å². The van der Waals surface area contributed by atoms with Crippen LogP contribution in [0.4, 0.5) is 10.3 Å². The number of aromatic nitrogens is 2. The van der Waals surface area contributed by atoms with E-state index in [1.54, 1.807) is 24.3 Å². The zero-order valence-corrected chi connectivity index (χ0v) is 10.5. The number of primary amides is 1. The average molecular weight is 276 g/mol. The molecule has 1 saturated heterocycles. The lowest BCUT2D eigenvalue weighted by molar-refractivity contribution is -0.119. The number of hydrogen-bond donors (Lipinski definition) is 2. The first-order chi connectivity index (χ1) is 9.56. The molecular weight excluding hydrogens is 263 g/mol. The van der Waals surface area contributed by atoms with E-state index >= 15 is 0 Å². The summed E-state index contributed by atoms with van der Waals surface area (Å²) >= 11 is 0. The molecule has 3 rings (SSSR count). The fraction of sp³-hybridized carbons (Fsp3) is 0.308. The van der Waals surface area contributed by atoms with Gasteiger partial charge in [-0.1, -0.05) is 12.1 Å². The van der Waals surface area contributed by atoms with Gasteiger partial charge in [0.15, 0.2) is 0 Å². The van der Waals surface area contributed by atoms with E-state index in [2.05, 4.69) is 9.97 Å². The second-order valence-electron chi connectivity index (χ2n) is 4.81. The third kappa shape index (κ3) is 2.01. The number of carbonyl (C=O) groups is 1. The van der Waals surface area contributed by atoms with E-state index in [4.69, 9.17) is 5.73 Å². The average Bonchev–Trinajstić information content (AvgIpc) is 2.81. The second-order valence-corrected chi connectivity index (χ2v) is 4.81. The van der Waals surface area contributed by atoms with Gasteiger partial charge < -0.3 is 10.6 Å². The van der Waals surface area contributed by atoms with Crippen molar-refractivity contribution in [2.45, 2.75) is 18.6 Å². The van der Waals surface area contributed by atoms with Crippen LogP contribution in [0.2, 0.25) is 0 Å². The molecule has 1 aromatic heterocycles. The maximum atomic E-state index is 13.5. The number of benzene rings is 1. The van der Waals surface area contributed by atoms with Crippen LogP contribution in [0.25, 0.3) is 10.9 Å². The Hall–Kier alpha value is -2.44. The van der Waals surface area contributed by atoms with Gasteiger partial charge in [-0.15, -0.1) is 0 Å². The third-order valence-electron chi connectivity index (χ3n) is 3.45. The van der Waals surface area contributed by atoms with E-state index in [1.807, 2.05) is 0 Å². The van der Waals surface area contributed by atoms with Gasteiger partial charge in [0.2, 0.25) is 11.9 Å². The number of H-pyrrole nitrogens is 1. The van der Waals surface area contributed by atoms with Crippen molar-refractivity contribution in [2.24, 2.45) is 5.73 Å². The summed E-state index contributed by atoms with van der Waals surface area (Å²) in [7, 11) is 0. The van der Waals surface area contributed by atoms with Crippen molar-refractivity contribution in [3.63, 3.8) is 0 Å². The monoisotopic (exact) mass is 276 g/mol. The fourth-order valence-electron chi connectivity index (χ4n) is 2.50. The van der Waals surface area contributed by atoms with Crippen molar-refractivity contribution in [1.82, 2.24) is 9.97 Å². The standard InChI is InChI=1S/C13H13FN4O2/c14-7-5-10(11(15)19)18(6-7)13-16-9-4-2-1-3-8(9)12(20)17-13/h1-4,7,10H,5-6H2,(H2,15,19)(H,16,17,20)/t7-,10+/m1/s1. The minimum atomic E-state index is -1.16. The summed E-state index contributed by atoms with van der Waals surface area (Å²) in [6.45, 7) is -0.00507. The molecule has 0 spiro atoms. The molecule has 2 heterocycles. The molecular formula is C13H13FN4O2. The van der Waals surface area contributed by atoms with Gasteiger partial charge in [-0.3, -0.25) is 14.6 Å². The largest absolute Gasteiger partial charge is 0.368 e. The number of nitrogens with two attached hydrogens (primary N) is 1. The topological polar surface area (TPSA) is 92.1 Å². The van der Waals surface area contributed by atoms with Gasteiger partial charge in [0.1, 0.15) is 12.2 Å². The maximum absolute atomic E-state index is 13.5. The molecule has 0 radical (unpaired) electrons. The summed E-state index contributed by atoms with van der Waals surface area (Å²) < 4.78 is 13.5. The molecule has 0 aliphatic carbocycles. The van der Waals surface area contributed by atoms with E-state index < -0.39 is 18.1 Å². The van der Waals surface area contributed by atoms with E-state index in [1.165, 1.54) is 4.90 Å². The molecule has 1 aromatic carbocycles. The summed E-state index contributed by atoms with van der Waals surface area (Å²) in [6, 6.07) is 6.05. The Morgan fingerprint density at radius 3 is 2.95 bits per heavy atom. The Labute approximate surface area is 113 Å². The number of nitrogens with zero attached hydrogens (tertiary/aromatic N) is 2. The first kappa shape index (κ1) is 12.6. The highest BCUT2D eigenvalue weighted by Gasteiger charge is 2.37. The Kier molecular flexibility index (Phi) is 2.89. The predicted octanol–water partition coefficient (Wildman–Crippen LogP) is 0.325. The Balaban J connectivity index is 2.10. The molecule has 2 atom stereocenters. The number of anilines is 1. The lowest BCUT2D eigenvalue weighted by Crippen LogP contribution is -2.41. The highest BCUT2D eigenvalue weighted by atomic mass is 19.1. The number of rotatable bonds is 2. The quantitative estimate of drug-likeness (QED) is 0.826. The van der Waals surface area contributed by atoms with Crippen LogP contribution < -0.4 is 16.2 Å². The SMILES string of the molecule is NC(=O)[C@@H]1C[C@@H](F)CN1c1nc2ccccc2c(=O)[nH]1. The summed E-state index contributed by atoms with van der Waals surface area (Å²) in [5.74, 6) is -0.446. The van der Waals surface area contributed by atoms with Crippen LogP contribution in [0.5, 0.6) is 0 Å².